The maximum Gasteiger partial charge on any atom is 0.0394 e. The summed E-state index contributed by atoms with van der Waals surface area (Å²) in [5, 5.41) is 0. The fourth-order valence-electron chi connectivity index (χ4n) is 3.47. The lowest BCUT2D eigenvalue weighted by Crippen LogP contribution is -2.39. The minimum atomic E-state index is 0. The van der Waals surface area contributed by atoms with Crippen molar-refractivity contribution in [3.63, 3.8) is 0 Å². The molecule has 2 aromatic carbocycles. The third kappa shape index (κ3) is 2.07. The van der Waals surface area contributed by atoms with Crippen molar-refractivity contribution in [1.82, 2.24) is 4.90 Å². The van der Waals surface area contributed by atoms with Gasteiger partial charge in [-0.3, -0.25) is 4.90 Å². The molecule has 19 heavy (non-hydrogen) atoms. The van der Waals surface area contributed by atoms with Gasteiger partial charge in [0.1, 0.15) is 0 Å². The van der Waals surface area contributed by atoms with Crippen LogP contribution in [0, 0.1) is 0 Å². The molecule has 0 fully saturated rings. The van der Waals surface area contributed by atoms with Crippen molar-refractivity contribution in [2.75, 3.05) is 6.54 Å². The summed E-state index contributed by atoms with van der Waals surface area (Å²) in [5.74, 6) is 0. The van der Waals surface area contributed by atoms with Gasteiger partial charge in [0.15, 0.2) is 0 Å². The number of nitrogens with zero attached hydrogens (tertiary/aromatic N) is 1. The molecule has 0 radical (unpaired) electrons. The molecule has 1 unspecified atom stereocenters. The smallest absolute Gasteiger partial charge is 0.0394 e. The molecule has 2 aliphatic rings. The van der Waals surface area contributed by atoms with Crippen LogP contribution in [0.3, 0.4) is 0 Å². The van der Waals surface area contributed by atoms with E-state index in [0.717, 1.165) is 6.54 Å². The molecular weight excluding hydrogens is 254 g/mol. The number of benzene rings is 2. The summed E-state index contributed by atoms with van der Waals surface area (Å²) in [6.45, 7) is 2.32. The lowest BCUT2D eigenvalue weighted by atomic mass is 9.84. The van der Waals surface area contributed by atoms with E-state index in [-0.39, 0.29) is 12.4 Å². The van der Waals surface area contributed by atoms with E-state index in [1.54, 1.807) is 11.1 Å². The fraction of sp³-hybridized carbons (Fsp3) is 0.294. The van der Waals surface area contributed by atoms with E-state index in [1.165, 1.54) is 30.5 Å². The molecule has 0 aromatic heterocycles. The van der Waals surface area contributed by atoms with Gasteiger partial charge in [-0.1, -0.05) is 48.5 Å². The Morgan fingerprint density at radius 2 is 1.53 bits per heavy atom. The third-order valence-corrected chi connectivity index (χ3v) is 4.43. The fourth-order valence-corrected chi connectivity index (χ4v) is 3.47. The zero-order valence-corrected chi connectivity index (χ0v) is 11.7. The number of rotatable bonds is 0. The molecule has 0 spiro atoms. The Hall–Kier alpha value is -1.31. The van der Waals surface area contributed by atoms with Crippen molar-refractivity contribution in [3.8, 4) is 0 Å². The molecule has 0 N–H and O–H groups in total. The molecule has 1 nitrogen and oxygen atoms in total. The van der Waals surface area contributed by atoms with Crippen LogP contribution < -0.4 is 0 Å². The van der Waals surface area contributed by atoms with Gasteiger partial charge in [-0.25, -0.2) is 0 Å². The van der Waals surface area contributed by atoms with Crippen molar-refractivity contribution < 1.29 is 0 Å². The van der Waals surface area contributed by atoms with Crippen LogP contribution in [0.2, 0.25) is 0 Å². The topological polar surface area (TPSA) is 3.24 Å². The van der Waals surface area contributed by atoms with Crippen LogP contribution >= 0.6 is 12.4 Å². The number of fused-ring (bicyclic) bond motifs is 4. The van der Waals surface area contributed by atoms with E-state index in [1.807, 2.05) is 0 Å². The summed E-state index contributed by atoms with van der Waals surface area (Å²) in [7, 11) is 0. The molecule has 2 aromatic rings. The summed E-state index contributed by atoms with van der Waals surface area (Å²) >= 11 is 0. The first-order chi connectivity index (χ1) is 8.92. The average Bonchev–Trinajstić information content (AvgIpc) is 2.45. The summed E-state index contributed by atoms with van der Waals surface area (Å²) in [5.41, 5.74) is 6.17. The van der Waals surface area contributed by atoms with Crippen molar-refractivity contribution in [2.24, 2.45) is 0 Å². The zero-order valence-electron chi connectivity index (χ0n) is 10.9. The monoisotopic (exact) mass is 271 g/mol. The lowest BCUT2D eigenvalue weighted by Gasteiger charge is -2.41. The van der Waals surface area contributed by atoms with E-state index < -0.39 is 0 Å². The Kier molecular flexibility index (Phi) is 3.34. The second kappa shape index (κ2) is 4.99. The van der Waals surface area contributed by atoms with E-state index in [9.17, 15) is 0 Å². The molecular formula is C17H18ClN. The van der Waals surface area contributed by atoms with E-state index in [2.05, 4.69) is 53.4 Å². The molecule has 0 amide bonds. The highest BCUT2D eigenvalue weighted by atomic mass is 35.5. The SMILES string of the molecule is Cl.c1ccc2c(c1)CC1c3ccccc3CCN1C2. The first-order valence-electron chi connectivity index (χ1n) is 6.80. The number of halogens is 1. The standard InChI is InChI=1S/C17H17N.ClH/c1-2-7-15-12-18-10-9-13-5-3-4-8-16(13)17(18)11-14(15)6-1;/h1-8,17H,9-12H2;1H. The summed E-state index contributed by atoms with van der Waals surface area (Å²) in [6.07, 6.45) is 2.38. The van der Waals surface area contributed by atoms with Crippen LogP contribution in [-0.2, 0) is 19.4 Å². The molecule has 4 rings (SSSR count). The van der Waals surface area contributed by atoms with Gasteiger partial charge in [-0.2, -0.15) is 0 Å². The van der Waals surface area contributed by atoms with Crippen LogP contribution in [0.4, 0.5) is 0 Å². The Bertz CT molecular complexity index is 593. The summed E-state index contributed by atoms with van der Waals surface area (Å²) < 4.78 is 0. The molecule has 1 atom stereocenters. The molecule has 0 saturated carbocycles. The number of hydrogen-bond acceptors (Lipinski definition) is 1. The van der Waals surface area contributed by atoms with Crippen molar-refractivity contribution in [3.05, 3.63) is 70.8 Å². The van der Waals surface area contributed by atoms with Gasteiger partial charge in [0.2, 0.25) is 0 Å². The Morgan fingerprint density at radius 1 is 0.842 bits per heavy atom. The van der Waals surface area contributed by atoms with E-state index >= 15 is 0 Å². The Labute approximate surface area is 120 Å². The van der Waals surface area contributed by atoms with E-state index in [0.29, 0.717) is 6.04 Å². The predicted molar refractivity (Wildman–Crippen MR) is 80.7 cm³/mol. The first-order valence-corrected chi connectivity index (χ1v) is 6.80. The highest BCUT2D eigenvalue weighted by molar-refractivity contribution is 5.85. The maximum absolute atomic E-state index is 2.64. The highest BCUT2D eigenvalue weighted by Crippen LogP contribution is 2.37. The van der Waals surface area contributed by atoms with Gasteiger partial charge in [0.25, 0.3) is 0 Å². The normalized spacial score (nSPS) is 20.7. The minimum Gasteiger partial charge on any atom is -0.291 e. The van der Waals surface area contributed by atoms with Crippen molar-refractivity contribution >= 4 is 12.4 Å². The van der Waals surface area contributed by atoms with Gasteiger partial charge in [0.05, 0.1) is 0 Å². The summed E-state index contributed by atoms with van der Waals surface area (Å²) in [4.78, 5) is 2.64. The number of hydrogen-bond donors (Lipinski definition) is 0. The molecule has 98 valence electrons. The van der Waals surface area contributed by atoms with Gasteiger partial charge in [-0.15, -0.1) is 12.4 Å². The van der Waals surface area contributed by atoms with Crippen LogP contribution in [0.5, 0.6) is 0 Å². The van der Waals surface area contributed by atoms with Gasteiger partial charge in [0, 0.05) is 19.1 Å². The predicted octanol–water partition coefficient (Wildman–Crippen LogP) is 3.76. The maximum atomic E-state index is 2.64. The van der Waals surface area contributed by atoms with Crippen molar-refractivity contribution in [2.45, 2.75) is 25.4 Å². The first kappa shape index (κ1) is 12.7. The summed E-state index contributed by atoms with van der Waals surface area (Å²) in [6, 6.07) is 18.5. The van der Waals surface area contributed by atoms with Gasteiger partial charge >= 0.3 is 0 Å². The second-order valence-electron chi connectivity index (χ2n) is 5.41. The van der Waals surface area contributed by atoms with Crippen LogP contribution in [0.15, 0.2) is 48.5 Å². The molecule has 0 bridgehead atoms. The van der Waals surface area contributed by atoms with Gasteiger partial charge in [-0.05, 0) is 35.1 Å². The molecule has 2 heterocycles. The quantitative estimate of drug-likeness (QED) is 0.705. The molecule has 2 heteroatoms. The van der Waals surface area contributed by atoms with Gasteiger partial charge < -0.3 is 0 Å². The zero-order chi connectivity index (χ0) is 11.9. The van der Waals surface area contributed by atoms with Crippen LogP contribution in [-0.4, -0.2) is 11.4 Å². The Balaban J connectivity index is 0.00000110. The van der Waals surface area contributed by atoms with E-state index in [4.69, 9.17) is 0 Å². The Morgan fingerprint density at radius 3 is 2.37 bits per heavy atom. The lowest BCUT2D eigenvalue weighted by molar-refractivity contribution is 0.161. The largest absolute Gasteiger partial charge is 0.291 e. The van der Waals surface area contributed by atoms with Crippen molar-refractivity contribution in [1.29, 1.82) is 0 Å². The van der Waals surface area contributed by atoms with Crippen LogP contribution in [0.25, 0.3) is 0 Å². The molecule has 0 saturated heterocycles. The third-order valence-electron chi connectivity index (χ3n) is 4.43. The molecule has 0 aliphatic carbocycles. The minimum absolute atomic E-state index is 0. The highest BCUT2D eigenvalue weighted by Gasteiger charge is 2.31. The second-order valence-corrected chi connectivity index (χ2v) is 5.41. The van der Waals surface area contributed by atoms with Crippen LogP contribution in [0.1, 0.15) is 28.3 Å². The average molecular weight is 272 g/mol. The molecule has 2 aliphatic heterocycles.